The lowest BCUT2D eigenvalue weighted by atomic mass is 9.92. The number of halogens is 1. The van der Waals surface area contributed by atoms with Gasteiger partial charge in [0.05, 0.1) is 12.1 Å². The monoisotopic (exact) mass is 318 g/mol. The molecule has 2 fully saturated rings. The SMILES string of the molecule is C=CC[C@@]1(F)C(=O)N[C@H]2CCN(C(=O)OCc3ccccc3)[C@@H]21. The maximum absolute atomic E-state index is 15.1. The first-order chi connectivity index (χ1) is 11.1. The van der Waals surface area contributed by atoms with E-state index in [4.69, 9.17) is 4.74 Å². The van der Waals surface area contributed by atoms with Gasteiger partial charge in [-0.25, -0.2) is 9.18 Å². The number of alkyl halides is 1. The molecule has 0 spiro atoms. The molecule has 2 aliphatic heterocycles. The molecule has 1 aromatic carbocycles. The van der Waals surface area contributed by atoms with E-state index in [9.17, 15) is 9.59 Å². The summed E-state index contributed by atoms with van der Waals surface area (Å²) in [6.07, 6.45) is 1.18. The molecule has 0 unspecified atom stereocenters. The Morgan fingerprint density at radius 1 is 1.48 bits per heavy atom. The minimum Gasteiger partial charge on any atom is -0.445 e. The van der Waals surface area contributed by atoms with Gasteiger partial charge in [-0.2, -0.15) is 0 Å². The van der Waals surface area contributed by atoms with Crippen LogP contribution in [0.15, 0.2) is 43.0 Å². The number of fused-ring (bicyclic) bond motifs is 1. The fourth-order valence-electron chi connectivity index (χ4n) is 3.36. The van der Waals surface area contributed by atoms with Crippen LogP contribution in [0, 0.1) is 0 Å². The minimum atomic E-state index is -2.13. The van der Waals surface area contributed by atoms with Gasteiger partial charge in [0.1, 0.15) is 6.61 Å². The van der Waals surface area contributed by atoms with Crippen LogP contribution in [0.2, 0.25) is 0 Å². The number of hydrogen-bond donors (Lipinski definition) is 1. The van der Waals surface area contributed by atoms with E-state index >= 15 is 4.39 Å². The van der Waals surface area contributed by atoms with E-state index in [0.717, 1.165) is 5.56 Å². The Hall–Kier alpha value is -2.37. The Kier molecular flexibility index (Phi) is 4.07. The average molecular weight is 318 g/mol. The molecule has 1 aromatic rings. The van der Waals surface area contributed by atoms with Crippen LogP contribution in [-0.2, 0) is 16.1 Å². The second-order valence-corrected chi connectivity index (χ2v) is 5.90. The van der Waals surface area contributed by atoms with E-state index in [1.165, 1.54) is 11.0 Å². The van der Waals surface area contributed by atoms with Crippen molar-refractivity contribution < 1.29 is 18.7 Å². The van der Waals surface area contributed by atoms with Crippen molar-refractivity contribution >= 4 is 12.0 Å². The van der Waals surface area contributed by atoms with Crippen molar-refractivity contribution in [3.05, 3.63) is 48.6 Å². The van der Waals surface area contributed by atoms with E-state index in [-0.39, 0.29) is 19.1 Å². The van der Waals surface area contributed by atoms with Crippen molar-refractivity contribution in [3.8, 4) is 0 Å². The molecule has 2 saturated heterocycles. The summed E-state index contributed by atoms with van der Waals surface area (Å²) >= 11 is 0. The average Bonchev–Trinajstić information content (AvgIpc) is 3.07. The number of ether oxygens (including phenoxy) is 1. The zero-order valence-corrected chi connectivity index (χ0v) is 12.7. The Morgan fingerprint density at radius 3 is 2.91 bits per heavy atom. The molecule has 0 radical (unpaired) electrons. The highest BCUT2D eigenvalue weighted by Gasteiger charge is 2.61. The van der Waals surface area contributed by atoms with E-state index in [0.29, 0.717) is 13.0 Å². The molecule has 1 N–H and O–H groups in total. The van der Waals surface area contributed by atoms with Gasteiger partial charge in [-0.1, -0.05) is 36.4 Å². The molecule has 0 aliphatic carbocycles. The highest BCUT2D eigenvalue weighted by atomic mass is 19.1. The van der Waals surface area contributed by atoms with Gasteiger partial charge in [-0.3, -0.25) is 9.69 Å². The molecule has 2 amide bonds. The van der Waals surface area contributed by atoms with Gasteiger partial charge in [-0.15, -0.1) is 6.58 Å². The topological polar surface area (TPSA) is 58.6 Å². The van der Waals surface area contributed by atoms with Gasteiger partial charge in [0.15, 0.2) is 0 Å². The van der Waals surface area contributed by atoms with Crippen LogP contribution in [0.25, 0.3) is 0 Å². The van der Waals surface area contributed by atoms with Crippen LogP contribution in [0.4, 0.5) is 9.18 Å². The van der Waals surface area contributed by atoms with Crippen molar-refractivity contribution in [2.24, 2.45) is 0 Å². The molecule has 6 heteroatoms. The molecule has 0 bridgehead atoms. The van der Waals surface area contributed by atoms with E-state index in [2.05, 4.69) is 11.9 Å². The number of nitrogens with zero attached hydrogens (tertiary/aromatic N) is 1. The zero-order chi connectivity index (χ0) is 16.4. The molecule has 2 heterocycles. The number of carbonyl (C=O) groups is 2. The van der Waals surface area contributed by atoms with Crippen LogP contribution in [0.1, 0.15) is 18.4 Å². The Bertz CT molecular complexity index is 622. The van der Waals surface area contributed by atoms with Crippen molar-refractivity contribution in [2.45, 2.75) is 37.2 Å². The fraction of sp³-hybridized carbons (Fsp3) is 0.412. The molecule has 5 nitrogen and oxygen atoms in total. The maximum Gasteiger partial charge on any atom is 0.410 e. The molecule has 3 rings (SSSR count). The third-order valence-corrected chi connectivity index (χ3v) is 4.44. The second kappa shape index (κ2) is 6.02. The lowest BCUT2D eigenvalue weighted by molar-refractivity contribution is -0.131. The smallest absolute Gasteiger partial charge is 0.410 e. The number of allylic oxidation sites excluding steroid dienone is 1. The minimum absolute atomic E-state index is 0.121. The number of amides is 2. The van der Waals surface area contributed by atoms with E-state index in [1.54, 1.807) is 0 Å². The Labute approximate surface area is 134 Å². The van der Waals surface area contributed by atoms with Crippen molar-refractivity contribution in [2.75, 3.05) is 6.54 Å². The first-order valence-corrected chi connectivity index (χ1v) is 7.64. The molecule has 122 valence electrons. The molecule has 3 atom stereocenters. The lowest BCUT2D eigenvalue weighted by Gasteiger charge is -2.30. The molecule has 0 aromatic heterocycles. The Balaban J connectivity index is 1.71. The molecule has 2 aliphatic rings. The number of rotatable bonds is 4. The largest absolute Gasteiger partial charge is 0.445 e. The number of nitrogens with one attached hydrogen (secondary N) is 1. The quantitative estimate of drug-likeness (QED) is 0.866. The van der Waals surface area contributed by atoms with Gasteiger partial charge >= 0.3 is 6.09 Å². The first-order valence-electron chi connectivity index (χ1n) is 7.64. The van der Waals surface area contributed by atoms with Gasteiger partial charge in [0.25, 0.3) is 5.91 Å². The summed E-state index contributed by atoms with van der Waals surface area (Å²) in [5.74, 6) is -0.673. The van der Waals surface area contributed by atoms with Crippen molar-refractivity contribution in [1.29, 1.82) is 0 Å². The summed E-state index contributed by atoms with van der Waals surface area (Å²) in [5.41, 5.74) is -1.27. The van der Waals surface area contributed by atoms with Crippen LogP contribution >= 0.6 is 0 Å². The summed E-state index contributed by atoms with van der Waals surface area (Å²) in [7, 11) is 0. The lowest BCUT2D eigenvalue weighted by Crippen LogP contribution is -2.51. The highest BCUT2D eigenvalue weighted by Crippen LogP contribution is 2.38. The second-order valence-electron chi connectivity index (χ2n) is 5.90. The first kappa shape index (κ1) is 15.5. The third kappa shape index (κ3) is 2.69. The predicted octanol–water partition coefficient (Wildman–Crippen LogP) is 2.18. The van der Waals surface area contributed by atoms with Gasteiger partial charge in [0, 0.05) is 13.0 Å². The van der Waals surface area contributed by atoms with Crippen molar-refractivity contribution in [3.63, 3.8) is 0 Å². The van der Waals surface area contributed by atoms with E-state index < -0.39 is 23.7 Å². The third-order valence-electron chi connectivity index (χ3n) is 4.44. The van der Waals surface area contributed by atoms with Crippen LogP contribution in [0.5, 0.6) is 0 Å². The molecule has 0 saturated carbocycles. The number of benzene rings is 1. The highest BCUT2D eigenvalue weighted by molar-refractivity contribution is 5.90. The van der Waals surface area contributed by atoms with Gasteiger partial charge in [0.2, 0.25) is 5.67 Å². The summed E-state index contributed by atoms with van der Waals surface area (Å²) in [6, 6.07) is 8.07. The van der Waals surface area contributed by atoms with Crippen molar-refractivity contribution in [1.82, 2.24) is 10.2 Å². The maximum atomic E-state index is 15.1. The normalized spacial score (nSPS) is 29.1. The molecular formula is C17H19FN2O3. The summed E-state index contributed by atoms with van der Waals surface area (Å²) < 4.78 is 20.4. The molecule has 23 heavy (non-hydrogen) atoms. The predicted molar refractivity (Wildman–Crippen MR) is 82.3 cm³/mol. The fourth-order valence-corrected chi connectivity index (χ4v) is 3.36. The van der Waals surface area contributed by atoms with Crippen LogP contribution in [-0.4, -0.2) is 41.2 Å². The molecular weight excluding hydrogens is 299 g/mol. The summed E-state index contributed by atoms with van der Waals surface area (Å²) in [5, 5.41) is 2.64. The van der Waals surface area contributed by atoms with Crippen LogP contribution in [0.3, 0.4) is 0 Å². The van der Waals surface area contributed by atoms with E-state index in [1.807, 2.05) is 30.3 Å². The summed E-state index contributed by atoms with van der Waals surface area (Å²) in [4.78, 5) is 25.6. The number of carbonyl (C=O) groups excluding carboxylic acids is 2. The standard InChI is InChI=1S/C17H19FN2O3/c1-2-9-17(18)14-13(19-15(17)21)8-10-20(14)16(22)23-11-12-6-4-3-5-7-12/h2-7,13-14H,1,8-11H2,(H,19,21)/t13-,14-,17-/m0/s1. The van der Waals surface area contributed by atoms with Gasteiger partial charge < -0.3 is 10.1 Å². The number of likely N-dealkylation sites (tertiary alicyclic amines) is 1. The number of hydrogen-bond acceptors (Lipinski definition) is 3. The van der Waals surface area contributed by atoms with Crippen LogP contribution < -0.4 is 5.32 Å². The van der Waals surface area contributed by atoms with Gasteiger partial charge in [-0.05, 0) is 12.0 Å². The Morgan fingerprint density at radius 2 is 2.22 bits per heavy atom. The zero-order valence-electron chi connectivity index (χ0n) is 12.7. The summed E-state index contributed by atoms with van der Waals surface area (Å²) in [6.45, 7) is 4.00.